The summed E-state index contributed by atoms with van der Waals surface area (Å²) in [5.41, 5.74) is 5.70. The second kappa shape index (κ2) is 5.79. The topological polar surface area (TPSA) is 74.4 Å². The van der Waals surface area contributed by atoms with Gasteiger partial charge in [-0.1, -0.05) is 0 Å². The second-order valence-corrected chi connectivity index (χ2v) is 3.94. The minimum Gasteiger partial charge on any atom is -0.455 e. The monoisotopic (exact) mass is 230 g/mol. The number of nitrogens with two attached hydrogens (primary N) is 1. The molecule has 1 unspecified atom stereocenters. The van der Waals surface area contributed by atoms with Crippen molar-refractivity contribution in [3.8, 4) is 0 Å². The summed E-state index contributed by atoms with van der Waals surface area (Å²) in [6.45, 7) is 2.48. The number of carbonyl (C=O) groups excluding carboxylic acids is 1. The number of thiazole rings is 1. The summed E-state index contributed by atoms with van der Waals surface area (Å²) in [5.74, 6) is -0.435. The molecule has 5 nitrogen and oxygen atoms in total. The highest BCUT2D eigenvalue weighted by Crippen LogP contribution is 2.10. The van der Waals surface area contributed by atoms with Gasteiger partial charge in [-0.2, -0.15) is 0 Å². The molecule has 0 fully saturated rings. The zero-order valence-corrected chi connectivity index (χ0v) is 9.54. The van der Waals surface area contributed by atoms with E-state index in [4.69, 9.17) is 15.2 Å². The van der Waals surface area contributed by atoms with E-state index in [0.29, 0.717) is 18.8 Å². The molecule has 6 heteroatoms. The molecule has 0 aliphatic heterocycles. The van der Waals surface area contributed by atoms with Crippen LogP contribution in [0.15, 0.2) is 5.38 Å². The van der Waals surface area contributed by atoms with Gasteiger partial charge in [-0.05, 0) is 6.92 Å². The number of hydrogen-bond acceptors (Lipinski definition) is 6. The molecular formula is C9H14N2O3S. The van der Waals surface area contributed by atoms with Gasteiger partial charge in [0.25, 0.3) is 0 Å². The third-order valence-electron chi connectivity index (χ3n) is 1.65. The Kier molecular flexibility index (Phi) is 4.67. The molecule has 0 saturated heterocycles. The number of aromatic nitrogens is 1. The highest BCUT2D eigenvalue weighted by molar-refractivity contribution is 7.09. The maximum Gasteiger partial charge on any atom is 0.358 e. The Morgan fingerprint density at radius 2 is 2.47 bits per heavy atom. The lowest BCUT2D eigenvalue weighted by Gasteiger charge is -2.10. The number of methoxy groups -OCH3 is 1. The van der Waals surface area contributed by atoms with Crippen LogP contribution in [0.2, 0.25) is 0 Å². The summed E-state index contributed by atoms with van der Waals surface area (Å²) in [4.78, 5) is 15.5. The number of carbonyl (C=O) groups is 1. The van der Waals surface area contributed by atoms with Gasteiger partial charge < -0.3 is 15.2 Å². The van der Waals surface area contributed by atoms with Gasteiger partial charge in [0.05, 0.1) is 6.61 Å². The molecule has 0 saturated carbocycles. The van der Waals surface area contributed by atoms with E-state index >= 15 is 0 Å². The van der Waals surface area contributed by atoms with Crippen molar-refractivity contribution in [1.82, 2.24) is 4.98 Å². The van der Waals surface area contributed by atoms with E-state index in [1.54, 1.807) is 19.4 Å². The fourth-order valence-electron chi connectivity index (χ4n) is 1.01. The lowest BCUT2D eigenvalue weighted by atomic mass is 10.4. The van der Waals surface area contributed by atoms with Crippen LogP contribution >= 0.6 is 11.3 Å². The molecule has 0 aliphatic carbocycles. The highest BCUT2D eigenvalue weighted by atomic mass is 32.1. The maximum atomic E-state index is 11.5. The van der Waals surface area contributed by atoms with Crippen LogP contribution in [0.5, 0.6) is 0 Å². The van der Waals surface area contributed by atoms with E-state index in [1.165, 1.54) is 11.3 Å². The van der Waals surface area contributed by atoms with Crippen LogP contribution in [0, 0.1) is 0 Å². The molecule has 0 amide bonds. The Morgan fingerprint density at radius 3 is 3.00 bits per heavy atom. The van der Waals surface area contributed by atoms with Gasteiger partial charge in [0.2, 0.25) is 0 Å². The number of nitrogens with zero attached hydrogens (tertiary/aromatic N) is 1. The lowest BCUT2D eigenvalue weighted by molar-refractivity contribution is 0.0115. The summed E-state index contributed by atoms with van der Waals surface area (Å²) in [5, 5.41) is 2.37. The van der Waals surface area contributed by atoms with Crippen molar-refractivity contribution >= 4 is 17.3 Å². The van der Waals surface area contributed by atoms with Gasteiger partial charge in [0.15, 0.2) is 5.69 Å². The molecular weight excluding hydrogens is 216 g/mol. The molecule has 1 aromatic heterocycles. The van der Waals surface area contributed by atoms with Crippen molar-refractivity contribution in [2.75, 3.05) is 13.7 Å². The zero-order valence-electron chi connectivity index (χ0n) is 8.73. The van der Waals surface area contributed by atoms with Crippen molar-refractivity contribution in [2.24, 2.45) is 5.73 Å². The van der Waals surface area contributed by atoms with E-state index in [-0.39, 0.29) is 6.10 Å². The largest absolute Gasteiger partial charge is 0.455 e. The number of hydrogen-bond donors (Lipinski definition) is 1. The van der Waals surface area contributed by atoms with Gasteiger partial charge >= 0.3 is 5.97 Å². The molecule has 0 radical (unpaired) electrons. The third-order valence-corrected chi connectivity index (χ3v) is 2.52. The average Bonchev–Trinajstić information content (AvgIpc) is 2.66. The first kappa shape index (κ1) is 12.1. The Labute approximate surface area is 92.2 Å². The molecule has 0 aliphatic rings. The minimum absolute atomic E-state index is 0.273. The maximum absolute atomic E-state index is 11.5. The molecule has 2 N–H and O–H groups in total. The fourth-order valence-corrected chi connectivity index (χ4v) is 1.65. The molecule has 0 bridgehead atoms. The molecule has 84 valence electrons. The van der Waals surface area contributed by atoms with Gasteiger partial charge in [0, 0.05) is 19.0 Å². The van der Waals surface area contributed by atoms with Crippen LogP contribution in [0.1, 0.15) is 22.4 Å². The van der Waals surface area contributed by atoms with Gasteiger partial charge in [0.1, 0.15) is 11.1 Å². The quantitative estimate of drug-likeness (QED) is 0.757. The fraction of sp³-hybridized carbons (Fsp3) is 0.556. The third kappa shape index (κ3) is 3.58. The molecule has 1 aromatic rings. The Balaban J connectivity index is 2.53. The summed E-state index contributed by atoms with van der Waals surface area (Å²) < 4.78 is 9.93. The van der Waals surface area contributed by atoms with E-state index < -0.39 is 5.97 Å². The van der Waals surface area contributed by atoms with Crippen LogP contribution < -0.4 is 5.73 Å². The van der Waals surface area contributed by atoms with Crippen molar-refractivity contribution in [3.63, 3.8) is 0 Å². The van der Waals surface area contributed by atoms with E-state index in [2.05, 4.69) is 4.98 Å². The number of esters is 1. The Morgan fingerprint density at radius 1 is 1.73 bits per heavy atom. The predicted molar refractivity (Wildman–Crippen MR) is 56.8 cm³/mol. The van der Waals surface area contributed by atoms with Crippen LogP contribution in [0.4, 0.5) is 0 Å². The first-order chi connectivity index (χ1) is 7.17. The molecule has 1 atom stereocenters. The van der Waals surface area contributed by atoms with Crippen molar-refractivity contribution < 1.29 is 14.3 Å². The summed E-state index contributed by atoms with van der Waals surface area (Å²) in [6.07, 6.45) is -0.273. The normalized spacial score (nSPS) is 12.5. The highest BCUT2D eigenvalue weighted by Gasteiger charge is 2.14. The van der Waals surface area contributed by atoms with Gasteiger partial charge in [-0.15, -0.1) is 11.3 Å². The first-order valence-electron chi connectivity index (χ1n) is 4.51. The first-order valence-corrected chi connectivity index (χ1v) is 5.39. The summed E-state index contributed by atoms with van der Waals surface area (Å²) in [7, 11) is 1.56. The smallest absolute Gasteiger partial charge is 0.358 e. The van der Waals surface area contributed by atoms with Crippen molar-refractivity contribution in [2.45, 2.75) is 19.6 Å². The standard InChI is InChI=1S/C9H14N2O3S/c1-6(4-13-2)14-9(12)7-5-15-8(3-10)11-7/h5-6H,3-4,10H2,1-2H3. The van der Waals surface area contributed by atoms with Crippen LogP contribution in [0.3, 0.4) is 0 Å². The molecule has 0 spiro atoms. The van der Waals surface area contributed by atoms with Crippen molar-refractivity contribution in [1.29, 1.82) is 0 Å². The molecule has 1 heterocycles. The predicted octanol–water partition coefficient (Wildman–Crippen LogP) is 0.794. The zero-order chi connectivity index (χ0) is 11.3. The SMILES string of the molecule is COCC(C)OC(=O)c1csc(CN)n1. The molecule has 15 heavy (non-hydrogen) atoms. The average molecular weight is 230 g/mol. The minimum atomic E-state index is -0.435. The van der Waals surface area contributed by atoms with Crippen molar-refractivity contribution in [3.05, 3.63) is 16.1 Å². The summed E-state index contributed by atoms with van der Waals surface area (Å²) in [6, 6.07) is 0. The summed E-state index contributed by atoms with van der Waals surface area (Å²) >= 11 is 1.35. The van der Waals surface area contributed by atoms with Gasteiger partial charge in [-0.25, -0.2) is 9.78 Å². The van der Waals surface area contributed by atoms with Crippen LogP contribution in [-0.4, -0.2) is 30.8 Å². The second-order valence-electron chi connectivity index (χ2n) is 3.00. The lowest BCUT2D eigenvalue weighted by Crippen LogP contribution is -2.19. The van der Waals surface area contributed by atoms with E-state index in [9.17, 15) is 4.79 Å². The Hall–Kier alpha value is -0.980. The Bertz CT molecular complexity index is 327. The van der Waals surface area contributed by atoms with Crippen LogP contribution in [-0.2, 0) is 16.0 Å². The molecule has 1 rings (SSSR count). The van der Waals surface area contributed by atoms with Crippen LogP contribution in [0.25, 0.3) is 0 Å². The number of rotatable bonds is 5. The van der Waals surface area contributed by atoms with Gasteiger partial charge in [-0.3, -0.25) is 0 Å². The van der Waals surface area contributed by atoms with E-state index in [1.807, 2.05) is 0 Å². The number of ether oxygens (including phenoxy) is 2. The molecule has 0 aromatic carbocycles. The van der Waals surface area contributed by atoms with E-state index in [0.717, 1.165) is 5.01 Å².